The largest absolute Gasteiger partial charge is 0.384 e. The predicted molar refractivity (Wildman–Crippen MR) is 81.3 cm³/mol. The molecule has 20 heavy (non-hydrogen) atoms. The van der Waals surface area contributed by atoms with Crippen molar-refractivity contribution in [3.63, 3.8) is 0 Å². The van der Waals surface area contributed by atoms with Crippen molar-refractivity contribution in [1.29, 1.82) is 0 Å². The van der Waals surface area contributed by atoms with Gasteiger partial charge in [0.1, 0.15) is 5.82 Å². The van der Waals surface area contributed by atoms with E-state index in [1.807, 2.05) is 11.7 Å². The molecule has 0 amide bonds. The van der Waals surface area contributed by atoms with E-state index in [1.54, 1.807) is 0 Å². The van der Waals surface area contributed by atoms with E-state index in [0.717, 1.165) is 30.0 Å². The van der Waals surface area contributed by atoms with E-state index in [1.165, 1.54) is 56.2 Å². The number of aryl methyl sites for hydroxylation is 2. The smallest absolute Gasteiger partial charge is 0.124 e. The standard InChI is InChI=1S/C17H27N3/c1-11-15(19-20(2)16(11)18)3-4-17-8-12-5-13(9-17)7-14(6-12)10-17/h12-14H,3-10,18H2,1-2H3. The molecule has 0 atom stereocenters. The van der Waals surface area contributed by atoms with Crippen LogP contribution in [0.15, 0.2) is 0 Å². The van der Waals surface area contributed by atoms with Crippen molar-refractivity contribution in [3.05, 3.63) is 11.3 Å². The van der Waals surface area contributed by atoms with E-state index < -0.39 is 0 Å². The maximum absolute atomic E-state index is 6.04. The third kappa shape index (κ3) is 1.89. The fourth-order valence-corrected chi connectivity index (χ4v) is 5.92. The molecule has 4 bridgehead atoms. The molecule has 4 aliphatic carbocycles. The van der Waals surface area contributed by atoms with Gasteiger partial charge in [0.15, 0.2) is 0 Å². The number of hydrogen-bond acceptors (Lipinski definition) is 2. The molecule has 0 spiro atoms. The Morgan fingerprint density at radius 3 is 2.15 bits per heavy atom. The van der Waals surface area contributed by atoms with Gasteiger partial charge in [0, 0.05) is 12.6 Å². The highest BCUT2D eigenvalue weighted by molar-refractivity contribution is 5.42. The Kier molecular flexibility index (Phi) is 2.71. The van der Waals surface area contributed by atoms with Crippen molar-refractivity contribution in [2.75, 3.05) is 5.73 Å². The fraction of sp³-hybridized carbons (Fsp3) is 0.824. The van der Waals surface area contributed by atoms with Gasteiger partial charge in [0.05, 0.1) is 5.69 Å². The van der Waals surface area contributed by atoms with Crippen molar-refractivity contribution in [2.45, 2.75) is 58.3 Å². The maximum Gasteiger partial charge on any atom is 0.124 e. The summed E-state index contributed by atoms with van der Waals surface area (Å²) in [5.41, 5.74) is 9.14. The van der Waals surface area contributed by atoms with E-state index in [2.05, 4.69) is 12.0 Å². The first kappa shape index (κ1) is 12.7. The van der Waals surface area contributed by atoms with Crippen LogP contribution in [0.5, 0.6) is 0 Å². The van der Waals surface area contributed by atoms with Gasteiger partial charge in [-0.05, 0) is 81.5 Å². The monoisotopic (exact) mass is 273 g/mol. The van der Waals surface area contributed by atoms with Crippen LogP contribution in [0, 0.1) is 30.1 Å². The van der Waals surface area contributed by atoms with E-state index in [-0.39, 0.29) is 0 Å². The molecule has 0 aromatic carbocycles. The highest BCUT2D eigenvalue weighted by Crippen LogP contribution is 2.61. The van der Waals surface area contributed by atoms with E-state index in [4.69, 9.17) is 5.73 Å². The SMILES string of the molecule is Cc1c(CCC23CC4CC(CC(C4)C2)C3)nn(C)c1N. The van der Waals surface area contributed by atoms with Crippen LogP contribution < -0.4 is 5.73 Å². The Morgan fingerprint density at radius 2 is 1.70 bits per heavy atom. The summed E-state index contributed by atoms with van der Waals surface area (Å²) in [6.45, 7) is 2.12. The van der Waals surface area contributed by atoms with E-state index in [0.29, 0.717) is 5.41 Å². The Labute approximate surface area is 121 Å². The van der Waals surface area contributed by atoms with Crippen molar-refractivity contribution in [3.8, 4) is 0 Å². The summed E-state index contributed by atoms with van der Waals surface area (Å²) in [5, 5.41) is 4.62. The Morgan fingerprint density at radius 1 is 1.15 bits per heavy atom. The lowest BCUT2D eigenvalue weighted by Gasteiger charge is -2.57. The Bertz CT molecular complexity index is 493. The minimum Gasteiger partial charge on any atom is -0.384 e. The molecule has 1 aromatic rings. The van der Waals surface area contributed by atoms with Crippen LogP contribution >= 0.6 is 0 Å². The number of rotatable bonds is 3. The first-order valence-corrected chi connectivity index (χ1v) is 8.33. The molecule has 1 heterocycles. The third-order valence-electron chi connectivity index (χ3n) is 6.49. The molecule has 3 heteroatoms. The number of nitrogens with zero attached hydrogens (tertiary/aromatic N) is 2. The van der Waals surface area contributed by atoms with Crippen LogP contribution in [0.1, 0.15) is 56.2 Å². The minimum atomic E-state index is 0.660. The molecule has 4 aliphatic rings. The topological polar surface area (TPSA) is 43.8 Å². The van der Waals surface area contributed by atoms with Gasteiger partial charge in [-0.3, -0.25) is 4.68 Å². The lowest BCUT2D eigenvalue weighted by atomic mass is 9.48. The molecule has 1 aromatic heterocycles. The summed E-state index contributed by atoms with van der Waals surface area (Å²) in [4.78, 5) is 0. The predicted octanol–water partition coefficient (Wildman–Crippen LogP) is 3.46. The van der Waals surface area contributed by atoms with Crippen molar-refractivity contribution in [1.82, 2.24) is 9.78 Å². The number of aromatic nitrogens is 2. The molecule has 0 unspecified atom stereocenters. The summed E-state index contributed by atoms with van der Waals surface area (Å²) in [6.07, 6.45) is 11.6. The summed E-state index contributed by atoms with van der Waals surface area (Å²) in [5.74, 6) is 3.99. The third-order valence-corrected chi connectivity index (χ3v) is 6.49. The minimum absolute atomic E-state index is 0.660. The van der Waals surface area contributed by atoms with Gasteiger partial charge >= 0.3 is 0 Å². The number of nitrogens with two attached hydrogens (primary N) is 1. The van der Waals surface area contributed by atoms with E-state index in [9.17, 15) is 0 Å². The number of anilines is 1. The highest BCUT2D eigenvalue weighted by Gasteiger charge is 2.50. The second-order valence-corrected chi connectivity index (χ2v) is 8.00. The number of hydrogen-bond donors (Lipinski definition) is 1. The Balaban J connectivity index is 1.50. The molecular weight excluding hydrogens is 246 g/mol. The summed E-state index contributed by atoms with van der Waals surface area (Å²) in [7, 11) is 1.95. The van der Waals surface area contributed by atoms with Gasteiger partial charge in [0.25, 0.3) is 0 Å². The quantitative estimate of drug-likeness (QED) is 0.916. The van der Waals surface area contributed by atoms with E-state index >= 15 is 0 Å². The molecule has 0 aliphatic heterocycles. The van der Waals surface area contributed by atoms with Crippen LogP contribution in [0.3, 0.4) is 0 Å². The zero-order chi connectivity index (χ0) is 13.9. The van der Waals surface area contributed by atoms with Crippen LogP contribution in [-0.4, -0.2) is 9.78 Å². The van der Waals surface area contributed by atoms with Gasteiger partial charge in [-0.1, -0.05) is 0 Å². The van der Waals surface area contributed by atoms with Crippen LogP contribution in [0.2, 0.25) is 0 Å². The maximum atomic E-state index is 6.04. The van der Waals surface area contributed by atoms with Gasteiger partial charge in [-0.15, -0.1) is 0 Å². The molecule has 110 valence electrons. The zero-order valence-corrected chi connectivity index (χ0v) is 12.9. The van der Waals surface area contributed by atoms with Crippen LogP contribution in [-0.2, 0) is 13.5 Å². The first-order chi connectivity index (χ1) is 9.55. The lowest BCUT2D eigenvalue weighted by Crippen LogP contribution is -2.46. The average Bonchev–Trinajstić information content (AvgIpc) is 2.62. The van der Waals surface area contributed by atoms with Gasteiger partial charge < -0.3 is 5.73 Å². The van der Waals surface area contributed by atoms with Crippen LogP contribution in [0.25, 0.3) is 0 Å². The van der Waals surface area contributed by atoms with Gasteiger partial charge in [-0.2, -0.15) is 5.10 Å². The van der Waals surface area contributed by atoms with Crippen molar-refractivity contribution >= 4 is 5.82 Å². The molecule has 2 N–H and O–H groups in total. The summed E-state index contributed by atoms with van der Waals surface area (Å²) in [6, 6.07) is 0. The molecule has 4 fully saturated rings. The zero-order valence-electron chi connectivity index (χ0n) is 12.9. The highest BCUT2D eigenvalue weighted by atomic mass is 15.3. The molecule has 4 saturated carbocycles. The van der Waals surface area contributed by atoms with Crippen molar-refractivity contribution in [2.24, 2.45) is 30.2 Å². The van der Waals surface area contributed by atoms with Gasteiger partial charge in [0.2, 0.25) is 0 Å². The molecular formula is C17H27N3. The lowest BCUT2D eigenvalue weighted by molar-refractivity contribution is -0.0571. The molecule has 3 nitrogen and oxygen atoms in total. The first-order valence-electron chi connectivity index (χ1n) is 8.33. The molecule has 0 radical (unpaired) electrons. The Hall–Kier alpha value is -0.990. The summed E-state index contributed by atoms with van der Waals surface area (Å²) >= 11 is 0. The second-order valence-electron chi connectivity index (χ2n) is 8.00. The van der Waals surface area contributed by atoms with Crippen molar-refractivity contribution < 1.29 is 0 Å². The average molecular weight is 273 g/mol. The number of nitrogen functional groups attached to an aromatic ring is 1. The molecule has 0 saturated heterocycles. The second kappa shape index (κ2) is 4.25. The fourth-order valence-electron chi connectivity index (χ4n) is 5.92. The van der Waals surface area contributed by atoms with Gasteiger partial charge in [-0.25, -0.2) is 0 Å². The summed E-state index contributed by atoms with van der Waals surface area (Å²) < 4.78 is 1.84. The normalized spacial score (nSPS) is 38.6. The van der Waals surface area contributed by atoms with Crippen LogP contribution in [0.4, 0.5) is 5.82 Å². The molecule has 5 rings (SSSR count).